The van der Waals surface area contributed by atoms with E-state index in [0.717, 1.165) is 17.7 Å². The van der Waals surface area contributed by atoms with Gasteiger partial charge in [-0.1, -0.05) is 30.3 Å². The molecule has 0 fully saturated rings. The number of rotatable bonds is 5. The molecule has 0 aliphatic rings. The van der Waals surface area contributed by atoms with E-state index in [1.807, 2.05) is 37.3 Å². The molecule has 3 rings (SSSR count). The molecule has 2 N–H and O–H groups in total. The first-order valence-electron chi connectivity index (χ1n) is 8.18. The first-order chi connectivity index (χ1) is 13.0. The maximum Gasteiger partial charge on any atom is 0.257 e. The minimum atomic E-state index is -1.64. The summed E-state index contributed by atoms with van der Waals surface area (Å²) < 4.78 is 39.8. The summed E-state index contributed by atoms with van der Waals surface area (Å²) >= 11 is 0. The summed E-state index contributed by atoms with van der Waals surface area (Å²) in [7, 11) is 0. The van der Waals surface area contributed by atoms with E-state index in [1.54, 1.807) is 6.07 Å². The Bertz CT molecular complexity index is 947. The number of carbonyl (C=O) groups excluding carboxylic acids is 1. The van der Waals surface area contributed by atoms with Gasteiger partial charge in [-0.05, 0) is 36.8 Å². The summed E-state index contributed by atoms with van der Waals surface area (Å²) in [6.07, 6.45) is 1.31. The second-order valence-electron chi connectivity index (χ2n) is 5.89. The average molecular weight is 371 g/mol. The van der Waals surface area contributed by atoms with Gasteiger partial charge >= 0.3 is 0 Å². The molecule has 4 nitrogen and oxygen atoms in total. The first kappa shape index (κ1) is 18.4. The van der Waals surface area contributed by atoms with Gasteiger partial charge in [-0.25, -0.2) is 18.2 Å². The van der Waals surface area contributed by atoms with Crippen LogP contribution >= 0.6 is 0 Å². The molecule has 0 aliphatic carbocycles. The molecule has 2 aromatic carbocycles. The third-order valence-corrected chi connectivity index (χ3v) is 3.97. The maximum atomic E-state index is 13.7. The van der Waals surface area contributed by atoms with Crippen molar-refractivity contribution in [2.75, 3.05) is 10.6 Å². The minimum absolute atomic E-state index is 0.00895. The van der Waals surface area contributed by atoms with E-state index in [0.29, 0.717) is 5.82 Å². The number of halogens is 3. The van der Waals surface area contributed by atoms with Crippen LogP contribution in [0.15, 0.2) is 60.8 Å². The Labute approximate surface area is 154 Å². The highest BCUT2D eigenvalue weighted by atomic mass is 19.2. The standard InChI is InChI=1S/C20H16F3N3O/c1-12(13-5-3-2-4-6-13)25-17-10-7-14(11-24-17)20(27)26-16-9-8-15(21)18(22)19(16)23/h2-12H,1H3,(H,24,25)(H,26,27). The molecular weight excluding hydrogens is 355 g/mol. The van der Waals surface area contributed by atoms with Gasteiger partial charge in [0.2, 0.25) is 0 Å². The minimum Gasteiger partial charge on any atom is -0.364 e. The number of anilines is 2. The van der Waals surface area contributed by atoms with Gasteiger partial charge < -0.3 is 10.6 Å². The van der Waals surface area contributed by atoms with Crippen LogP contribution < -0.4 is 10.6 Å². The first-order valence-corrected chi connectivity index (χ1v) is 8.18. The molecule has 7 heteroatoms. The van der Waals surface area contributed by atoms with Crippen molar-refractivity contribution in [3.8, 4) is 0 Å². The van der Waals surface area contributed by atoms with Crippen molar-refractivity contribution in [2.45, 2.75) is 13.0 Å². The molecule has 0 radical (unpaired) electrons. The van der Waals surface area contributed by atoms with Gasteiger partial charge in [-0.15, -0.1) is 0 Å². The maximum absolute atomic E-state index is 13.7. The summed E-state index contributed by atoms with van der Waals surface area (Å²) in [6.45, 7) is 1.98. The van der Waals surface area contributed by atoms with Crippen LogP contribution in [0.5, 0.6) is 0 Å². The molecular formula is C20H16F3N3O. The molecule has 138 valence electrons. The monoisotopic (exact) mass is 371 g/mol. The van der Waals surface area contributed by atoms with Crippen LogP contribution in [0, 0.1) is 17.5 Å². The van der Waals surface area contributed by atoms with Gasteiger partial charge in [-0.2, -0.15) is 0 Å². The molecule has 1 atom stereocenters. The zero-order valence-electron chi connectivity index (χ0n) is 14.3. The number of amides is 1. The summed E-state index contributed by atoms with van der Waals surface area (Å²) in [6, 6.07) is 14.6. The summed E-state index contributed by atoms with van der Waals surface area (Å²) in [5.74, 6) is -4.54. The predicted octanol–water partition coefficient (Wildman–Crippen LogP) is 4.92. The van der Waals surface area contributed by atoms with Crippen molar-refractivity contribution in [1.82, 2.24) is 4.98 Å². The second kappa shape index (κ2) is 7.90. The third kappa shape index (κ3) is 4.25. The summed E-state index contributed by atoms with van der Waals surface area (Å²) in [5, 5.41) is 5.40. The lowest BCUT2D eigenvalue weighted by Gasteiger charge is -2.15. The van der Waals surface area contributed by atoms with E-state index in [-0.39, 0.29) is 11.6 Å². The van der Waals surface area contributed by atoms with Crippen molar-refractivity contribution in [1.29, 1.82) is 0 Å². The highest BCUT2D eigenvalue weighted by Gasteiger charge is 2.16. The second-order valence-corrected chi connectivity index (χ2v) is 5.89. The molecule has 0 saturated heterocycles. The zero-order valence-corrected chi connectivity index (χ0v) is 14.3. The molecule has 1 unspecified atom stereocenters. The Morgan fingerprint density at radius 2 is 1.70 bits per heavy atom. The van der Waals surface area contributed by atoms with Crippen LogP contribution in [0.4, 0.5) is 24.7 Å². The Morgan fingerprint density at radius 1 is 0.963 bits per heavy atom. The van der Waals surface area contributed by atoms with Crippen LogP contribution in [-0.2, 0) is 0 Å². The van der Waals surface area contributed by atoms with E-state index in [1.165, 1.54) is 12.3 Å². The van der Waals surface area contributed by atoms with Crippen molar-refractivity contribution in [3.63, 3.8) is 0 Å². The van der Waals surface area contributed by atoms with Gasteiger partial charge in [-0.3, -0.25) is 4.79 Å². The van der Waals surface area contributed by atoms with Gasteiger partial charge in [0.15, 0.2) is 17.5 Å². The Hall–Kier alpha value is -3.35. The number of hydrogen-bond acceptors (Lipinski definition) is 3. The van der Waals surface area contributed by atoms with E-state index in [2.05, 4.69) is 15.6 Å². The Morgan fingerprint density at radius 3 is 2.37 bits per heavy atom. The zero-order chi connectivity index (χ0) is 19.4. The fraction of sp³-hybridized carbons (Fsp3) is 0.100. The topological polar surface area (TPSA) is 54.0 Å². The lowest BCUT2D eigenvalue weighted by atomic mass is 10.1. The molecule has 1 aromatic heterocycles. The fourth-order valence-electron chi connectivity index (χ4n) is 2.48. The molecule has 0 saturated carbocycles. The quantitative estimate of drug-likeness (QED) is 0.626. The van der Waals surface area contributed by atoms with Crippen molar-refractivity contribution in [2.24, 2.45) is 0 Å². The molecule has 0 bridgehead atoms. The number of aromatic nitrogens is 1. The van der Waals surface area contributed by atoms with Crippen molar-refractivity contribution >= 4 is 17.4 Å². The highest BCUT2D eigenvalue weighted by molar-refractivity contribution is 6.04. The summed E-state index contributed by atoms with van der Waals surface area (Å²) in [4.78, 5) is 16.3. The highest BCUT2D eigenvalue weighted by Crippen LogP contribution is 2.21. The normalized spacial score (nSPS) is 11.7. The number of pyridine rings is 1. The lowest BCUT2D eigenvalue weighted by Crippen LogP contribution is -2.15. The van der Waals surface area contributed by atoms with Crippen LogP contribution in [0.3, 0.4) is 0 Å². The van der Waals surface area contributed by atoms with Gasteiger partial charge in [0.05, 0.1) is 11.3 Å². The Balaban J connectivity index is 1.68. The van der Waals surface area contributed by atoms with Crippen LogP contribution in [0.2, 0.25) is 0 Å². The van der Waals surface area contributed by atoms with Crippen LogP contribution in [0.25, 0.3) is 0 Å². The van der Waals surface area contributed by atoms with Gasteiger partial charge in [0, 0.05) is 12.2 Å². The summed E-state index contributed by atoms with van der Waals surface area (Å²) in [5.41, 5.74) is 0.783. The Kier molecular flexibility index (Phi) is 5.40. The number of carbonyl (C=O) groups is 1. The van der Waals surface area contributed by atoms with E-state index in [4.69, 9.17) is 0 Å². The third-order valence-electron chi connectivity index (χ3n) is 3.97. The molecule has 3 aromatic rings. The van der Waals surface area contributed by atoms with Gasteiger partial charge in [0.1, 0.15) is 5.82 Å². The molecule has 1 amide bonds. The SMILES string of the molecule is CC(Nc1ccc(C(=O)Nc2ccc(F)c(F)c2F)cn1)c1ccccc1. The molecule has 0 spiro atoms. The average Bonchev–Trinajstić information content (AvgIpc) is 2.69. The largest absolute Gasteiger partial charge is 0.364 e. The van der Waals surface area contributed by atoms with Crippen molar-refractivity contribution < 1.29 is 18.0 Å². The smallest absolute Gasteiger partial charge is 0.257 e. The van der Waals surface area contributed by atoms with E-state index < -0.39 is 29.0 Å². The number of nitrogens with zero attached hydrogens (tertiary/aromatic N) is 1. The molecule has 1 heterocycles. The molecule has 27 heavy (non-hydrogen) atoms. The number of nitrogens with one attached hydrogen (secondary N) is 2. The number of benzene rings is 2. The fourth-order valence-corrected chi connectivity index (χ4v) is 2.48. The number of hydrogen-bond donors (Lipinski definition) is 2. The van der Waals surface area contributed by atoms with Crippen LogP contribution in [-0.4, -0.2) is 10.9 Å². The lowest BCUT2D eigenvalue weighted by molar-refractivity contribution is 0.102. The van der Waals surface area contributed by atoms with E-state index >= 15 is 0 Å². The van der Waals surface area contributed by atoms with Crippen LogP contribution in [0.1, 0.15) is 28.9 Å². The predicted molar refractivity (Wildman–Crippen MR) is 97.0 cm³/mol. The van der Waals surface area contributed by atoms with Gasteiger partial charge in [0.25, 0.3) is 5.91 Å². The van der Waals surface area contributed by atoms with Crippen molar-refractivity contribution in [3.05, 3.63) is 89.4 Å². The van der Waals surface area contributed by atoms with E-state index in [9.17, 15) is 18.0 Å². The molecule has 0 aliphatic heterocycles.